The van der Waals surface area contributed by atoms with Crippen LogP contribution in [-0.4, -0.2) is 55.2 Å². The van der Waals surface area contributed by atoms with Gasteiger partial charge in [-0.1, -0.05) is 6.07 Å². The lowest BCUT2D eigenvalue weighted by atomic mass is 10.1. The maximum absolute atomic E-state index is 4.88. The maximum atomic E-state index is 4.88. The van der Waals surface area contributed by atoms with Crippen LogP contribution in [0.2, 0.25) is 0 Å². The fourth-order valence-electron chi connectivity index (χ4n) is 3.43. The van der Waals surface area contributed by atoms with Crippen LogP contribution in [-0.2, 0) is 12.8 Å². The second-order valence-electron chi connectivity index (χ2n) is 5.96. The van der Waals surface area contributed by atoms with Gasteiger partial charge < -0.3 is 10.2 Å². The van der Waals surface area contributed by atoms with Gasteiger partial charge in [0.2, 0.25) is 0 Å². The molecule has 3 aliphatic rings. The molecule has 19 heavy (non-hydrogen) atoms. The van der Waals surface area contributed by atoms with E-state index in [1.165, 1.54) is 62.5 Å². The maximum Gasteiger partial charge on any atom is 0.128 e. The number of nitrogens with zero attached hydrogens (tertiary/aromatic N) is 3. The number of anilines is 1. The molecular formula is C15H22N4. The molecule has 2 saturated heterocycles. The van der Waals surface area contributed by atoms with Crippen LogP contribution in [0.5, 0.6) is 0 Å². The van der Waals surface area contributed by atoms with Crippen LogP contribution in [0, 0.1) is 0 Å². The minimum Gasteiger partial charge on any atom is -0.354 e. The monoisotopic (exact) mass is 258 g/mol. The van der Waals surface area contributed by atoms with Gasteiger partial charge in [-0.05, 0) is 30.9 Å². The zero-order valence-electron chi connectivity index (χ0n) is 11.4. The molecule has 1 N–H and O–H groups in total. The van der Waals surface area contributed by atoms with Crippen molar-refractivity contribution in [3.05, 3.63) is 23.4 Å². The number of aromatic nitrogens is 1. The number of piperazine rings is 1. The van der Waals surface area contributed by atoms with Crippen molar-refractivity contribution in [3.63, 3.8) is 0 Å². The molecule has 4 heteroatoms. The Hall–Kier alpha value is -1.13. The van der Waals surface area contributed by atoms with E-state index in [1.54, 1.807) is 0 Å². The minimum absolute atomic E-state index is 0.787. The molecule has 0 bridgehead atoms. The first-order valence-electron chi connectivity index (χ1n) is 7.59. The summed E-state index contributed by atoms with van der Waals surface area (Å²) in [6.45, 7) is 6.98. The number of fused-ring (bicyclic) bond motifs is 1. The lowest BCUT2D eigenvalue weighted by Crippen LogP contribution is -2.61. The van der Waals surface area contributed by atoms with Gasteiger partial charge in [-0.15, -0.1) is 0 Å². The van der Waals surface area contributed by atoms with Gasteiger partial charge in [-0.25, -0.2) is 4.98 Å². The van der Waals surface area contributed by atoms with Crippen LogP contribution in [0.3, 0.4) is 0 Å². The third kappa shape index (κ3) is 2.13. The summed E-state index contributed by atoms with van der Waals surface area (Å²) in [6.07, 6.45) is 3.69. The van der Waals surface area contributed by atoms with Gasteiger partial charge in [-0.3, -0.25) is 4.90 Å². The molecule has 4 rings (SSSR count). The third-order valence-corrected chi connectivity index (χ3v) is 4.83. The van der Waals surface area contributed by atoms with Gasteiger partial charge in [-0.2, -0.15) is 0 Å². The first-order chi connectivity index (χ1) is 9.40. The van der Waals surface area contributed by atoms with E-state index in [1.807, 2.05) is 0 Å². The van der Waals surface area contributed by atoms with E-state index >= 15 is 0 Å². The standard InChI is InChI=1S/C15H22N4/c1-2-12-4-5-15(17-14(12)3-1)19-8-6-18(7-9-19)13-10-16-11-13/h4-5,13,16H,1-3,6-11H2. The average Bonchev–Trinajstić information content (AvgIpc) is 2.85. The first kappa shape index (κ1) is 11.7. The highest BCUT2D eigenvalue weighted by atomic mass is 15.3. The molecule has 1 aromatic rings. The largest absolute Gasteiger partial charge is 0.354 e. The molecule has 0 amide bonds. The highest BCUT2D eigenvalue weighted by Crippen LogP contribution is 2.24. The Kier molecular flexibility index (Phi) is 2.93. The van der Waals surface area contributed by atoms with E-state index < -0.39 is 0 Å². The SMILES string of the molecule is c1cc2c(nc1N1CCN(C3CNC3)CC1)CCC2. The number of pyridine rings is 1. The van der Waals surface area contributed by atoms with Crippen molar-refractivity contribution in [3.8, 4) is 0 Å². The lowest BCUT2D eigenvalue weighted by molar-refractivity contribution is 0.137. The van der Waals surface area contributed by atoms with Crippen LogP contribution in [0.25, 0.3) is 0 Å². The average molecular weight is 258 g/mol. The van der Waals surface area contributed by atoms with Crippen molar-refractivity contribution in [2.75, 3.05) is 44.2 Å². The first-order valence-corrected chi connectivity index (χ1v) is 7.59. The van der Waals surface area contributed by atoms with Crippen molar-refractivity contribution < 1.29 is 0 Å². The van der Waals surface area contributed by atoms with Crippen LogP contribution in [0.4, 0.5) is 5.82 Å². The molecule has 2 aliphatic heterocycles. The molecule has 1 aromatic heterocycles. The Bertz CT molecular complexity index is 461. The molecule has 0 radical (unpaired) electrons. The predicted octanol–water partition coefficient (Wildman–Crippen LogP) is 0.664. The van der Waals surface area contributed by atoms with E-state index in [4.69, 9.17) is 4.98 Å². The van der Waals surface area contributed by atoms with E-state index in [0.29, 0.717) is 0 Å². The van der Waals surface area contributed by atoms with Crippen molar-refractivity contribution in [2.24, 2.45) is 0 Å². The fourth-order valence-corrected chi connectivity index (χ4v) is 3.43. The summed E-state index contributed by atoms with van der Waals surface area (Å²) in [5, 5.41) is 3.36. The summed E-state index contributed by atoms with van der Waals surface area (Å²) >= 11 is 0. The van der Waals surface area contributed by atoms with Gasteiger partial charge in [0, 0.05) is 51.0 Å². The highest BCUT2D eigenvalue weighted by molar-refractivity contribution is 5.43. The smallest absolute Gasteiger partial charge is 0.128 e. The predicted molar refractivity (Wildman–Crippen MR) is 76.7 cm³/mol. The molecule has 0 aromatic carbocycles. The molecule has 0 unspecified atom stereocenters. The molecular weight excluding hydrogens is 236 g/mol. The Labute approximate surface area is 114 Å². The number of hydrogen-bond acceptors (Lipinski definition) is 4. The quantitative estimate of drug-likeness (QED) is 0.844. The Balaban J connectivity index is 1.43. The van der Waals surface area contributed by atoms with E-state index in [0.717, 1.165) is 19.1 Å². The van der Waals surface area contributed by atoms with Crippen LogP contribution < -0.4 is 10.2 Å². The van der Waals surface area contributed by atoms with Crippen molar-refractivity contribution in [2.45, 2.75) is 25.3 Å². The second kappa shape index (κ2) is 4.76. The van der Waals surface area contributed by atoms with E-state index in [2.05, 4.69) is 27.2 Å². The lowest BCUT2D eigenvalue weighted by Gasteiger charge is -2.43. The molecule has 102 valence electrons. The summed E-state index contributed by atoms with van der Waals surface area (Å²) in [5.41, 5.74) is 2.83. The molecule has 1 aliphatic carbocycles. The molecule has 3 heterocycles. The van der Waals surface area contributed by atoms with E-state index in [9.17, 15) is 0 Å². The molecule has 0 spiro atoms. The molecule has 0 saturated carbocycles. The number of hydrogen-bond donors (Lipinski definition) is 1. The second-order valence-corrected chi connectivity index (χ2v) is 5.96. The van der Waals surface area contributed by atoms with E-state index in [-0.39, 0.29) is 0 Å². The number of rotatable bonds is 2. The minimum atomic E-state index is 0.787. The van der Waals surface area contributed by atoms with Gasteiger partial charge >= 0.3 is 0 Å². The number of nitrogens with one attached hydrogen (secondary N) is 1. The van der Waals surface area contributed by atoms with Gasteiger partial charge in [0.1, 0.15) is 5.82 Å². The fraction of sp³-hybridized carbons (Fsp3) is 0.667. The van der Waals surface area contributed by atoms with Gasteiger partial charge in [0.25, 0.3) is 0 Å². The number of aryl methyl sites for hydroxylation is 2. The summed E-state index contributed by atoms with van der Waals surface area (Å²) in [5.74, 6) is 1.20. The topological polar surface area (TPSA) is 31.4 Å². The van der Waals surface area contributed by atoms with Crippen LogP contribution in [0.1, 0.15) is 17.7 Å². The van der Waals surface area contributed by atoms with Crippen LogP contribution >= 0.6 is 0 Å². The Morgan fingerprint density at radius 3 is 2.63 bits per heavy atom. The van der Waals surface area contributed by atoms with Crippen LogP contribution in [0.15, 0.2) is 12.1 Å². The van der Waals surface area contributed by atoms with Crippen molar-refractivity contribution in [1.82, 2.24) is 15.2 Å². The van der Waals surface area contributed by atoms with Crippen molar-refractivity contribution in [1.29, 1.82) is 0 Å². The zero-order chi connectivity index (χ0) is 12.7. The Morgan fingerprint density at radius 1 is 1.05 bits per heavy atom. The Morgan fingerprint density at radius 2 is 1.89 bits per heavy atom. The summed E-state index contributed by atoms with van der Waals surface area (Å²) in [7, 11) is 0. The zero-order valence-corrected chi connectivity index (χ0v) is 11.4. The third-order valence-electron chi connectivity index (χ3n) is 4.83. The molecule has 4 nitrogen and oxygen atoms in total. The normalized spacial score (nSPS) is 24.3. The van der Waals surface area contributed by atoms with Gasteiger partial charge in [0.05, 0.1) is 0 Å². The summed E-state index contributed by atoms with van der Waals surface area (Å²) in [6, 6.07) is 5.31. The summed E-state index contributed by atoms with van der Waals surface area (Å²) < 4.78 is 0. The molecule has 0 atom stereocenters. The molecule has 2 fully saturated rings. The highest BCUT2D eigenvalue weighted by Gasteiger charge is 2.28. The summed E-state index contributed by atoms with van der Waals surface area (Å²) in [4.78, 5) is 9.96. The van der Waals surface area contributed by atoms with Crippen molar-refractivity contribution >= 4 is 5.82 Å². The van der Waals surface area contributed by atoms with Gasteiger partial charge in [0.15, 0.2) is 0 Å².